The largest absolute Gasteiger partial charge is 1.00 e. The minimum Gasteiger partial charge on any atom is -0.320 e. The molecule has 1 aromatic heterocycles. The van der Waals surface area contributed by atoms with Gasteiger partial charge >= 0.3 is 51.4 Å². The van der Waals surface area contributed by atoms with E-state index in [1.165, 1.54) is 6.33 Å². The summed E-state index contributed by atoms with van der Waals surface area (Å²) < 4.78 is 0. The molecular weight excluding hydrogens is 121 g/mol. The third-order valence-electron chi connectivity index (χ3n) is 0.365. The van der Waals surface area contributed by atoms with Crippen molar-refractivity contribution in [2.24, 2.45) is 0 Å². The summed E-state index contributed by atoms with van der Waals surface area (Å²) in [6.45, 7) is 0. The van der Waals surface area contributed by atoms with Gasteiger partial charge in [-0.3, -0.25) is 0 Å². The van der Waals surface area contributed by atoms with Crippen molar-refractivity contribution in [2.75, 3.05) is 5.84 Å². The van der Waals surface area contributed by atoms with Crippen LogP contribution in [-0.4, -0.2) is 20.3 Å². The Morgan fingerprint density at radius 3 is 2.43 bits per heavy atom. The van der Waals surface area contributed by atoms with E-state index >= 15 is 0 Å². The Balaban J connectivity index is 0.000000360. The summed E-state index contributed by atoms with van der Waals surface area (Å²) in [7, 11) is 0. The van der Waals surface area contributed by atoms with E-state index in [1.807, 2.05) is 0 Å². The molecule has 6 heteroatoms. The predicted molar refractivity (Wildman–Crippen MR) is 18.0 cm³/mol. The van der Waals surface area contributed by atoms with Crippen LogP contribution in [-0.2, 0) is 0 Å². The van der Waals surface area contributed by atoms with Gasteiger partial charge in [0.05, 0.1) is 0 Å². The molecule has 0 aromatic carbocycles. The Labute approximate surface area is 82.6 Å². The maximum atomic E-state index is 4.96. The third kappa shape index (κ3) is 2.34. The standard InChI is InChI=1S/CH3N5.K/c2-6-1-3-4-5-6;/h1H,2H2;/q;+1. The molecule has 1 aromatic rings. The fraction of sp³-hybridized carbons (Fsp3) is 0. The Bertz CT molecular complexity index is 112. The number of rotatable bonds is 0. The molecule has 7 heavy (non-hydrogen) atoms. The summed E-state index contributed by atoms with van der Waals surface area (Å²) in [5, 5.41) is 9.71. The van der Waals surface area contributed by atoms with Crippen LogP contribution >= 0.6 is 0 Å². The molecule has 0 aliphatic heterocycles. The molecule has 0 saturated heterocycles. The first-order chi connectivity index (χ1) is 2.89. The summed E-state index contributed by atoms with van der Waals surface area (Å²) >= 11 is 0. The fourth-order valence-corrected chi connectivity index (χ4v) is 0.168. The smallest absolute Gasteiger partial charge is 0.320 e. The zero-order valence-electron chi connectivity index (χ0n) is 3.94. The zero-order valence-corrected chi connectivity index (χ0v) is 7.07. The molecule has 0 bridgehead atoms. The van der Waals surface area contributed by atoms with Gasteiger partial charge in [0, 0.05) is 0 Å². The molecule has 1 rings (SSSR count). The first kappa shape index (κ1) is 7.51. The number of hydrogen-bond donors (Lipinski definition) is 1. The third-order valence-corrected chi connectivity index (χ3v) is 0.365. The van der Waals surface area contributed by atoms with E-state index in [0.717, 1.165) is 4.79 Å². The summed E-state index contributed by atoms with van der Waals surface area (Å²) in [6.07, 6.45) is 1.31. The Morgan fingerprint density at radius 1 is 1.57 bits per heavy atom. The van der Waals surface area contributed by atoms with Crippen molar-refractivity contribution in [3.05, 3.63) is 6.33 Å². The SMILES string of the molecule is Nn1cnnn1.[K+]. The number of nitrogen functional groups attached to an aromatic ring is 1. The quantitative estimate of drug-likeness (QED) is 0.279. The summed E-state index contributed by atoms with van der Waals surface area (Å²) in [6, 6.07) is 0. The summed E-state index contributed by atoms with van der Waals surface area (Å²) in [5.74, 6) is 4.96. The van der Waals surface area contributed by atoms with Gasteiger partial charge in [-0.05, 0) is 10.4 Å². The van der Waals surface area contributed by atoms with Crippen molar-refractivity contribution in [2.45, 2.75) is 0 Å². The molecule has 5 nitrogen and oxygen atoms in total. The topological polar surface area (TPSA) is 69.6 Å². The van der Waals surface area contributed by atoms with Crippen molar-refractivity contribution in [1.82, 2.24) is 20.3 Å². The van der Waals surface area contributed by atoms with E-state index < -0.39 is 0 Å². The van der Waals surface area contributed by atoms with Crippen LogP contribution in [0.3, 0.4) is 0 Å². The zero-order chi connectivity index (χ0) is 4.41. The fourth-order valence-electron chi connectivity index (χ4n) is 0.168. The molecule has 0 fully saturated rings. The van der Waals surface area contributed by atoms with Crippen molar-refractivity contribution in [3.63, 3.8) is 0 Å². The van der Waals surface area contributed by atoms with Gasteiger partial charge < -0.3 is 5.84 Å². The van der Waals surface area contributed by atoms with Crippen LogP contribution in [0.5, 0.6) is 0 Å². The van der Waals surface area contributed by atoms with Crippen LogP contribution in [0.25, 0.3) is 0 Å². The van der Waals surface area contributed by atoms with Gasteiger partial charge in [-0.1, -0.05) is 0 Å². The number of tetrazole rings is 1. The Morgan fingerprint density at radius 2 is 2.29 bits per heavy atom. The second-order valence-electron chi connectivity index (χ2n) is 0.790. The predicted octanol–water partition coefficient (Wildman–Crippen LogP) is -4.61. The van der Waals surface area contributed by atoms with E-state index in [4.69, 9.17) is 5.84 Å². The molecule has 0 aliphatic rings. The Kier molecular flexibility index (Phi) is 3.75. The molecular formula is CH3KN5+. The number of aromatic nitrogens is 4. The molecule has 0 atom stereocenters. The van der Waals surface area contributed by atoms with Gasteiger partial charge in [0.2, 0.25) is 0 Å². The number of nitrogens with two attached hydrogens (primary N) is 1. The van der Waals surface area contributed by atoms with Gasteiger partial charge in [-0.2, -0.15) is 0 Å². The average molecular weight is 124 g/mol. The molecule has 0 unspecified atom stereocenters. The molecule has 0 saturated carbocycles. The van der Waals surface area contributed by atoms with Gasteiger partial charge in [0.25, 0.3) is 0 Å². The monoisotopic (exact) mass is 124 g/mol. The van der Waals surface area contributed by atoms with Crippen molar-refractivity contribution in [3.8, 4) is 0 Å². The van der Waals surface area contributed by atoms with Crippen LogP contribution in [0.2, 0.25) is 0 Å². The molecule has 2 N–H and O–H groups in total. The van der Waals surface area contributed by atoms with E-state index in [1.54, 1.807) is 0 Å². The van der Waals surface area contributed by atoms with Crippen molar-refractivity contribution >= 4 is 0 Å². The maximum Gasteiger partial charge on any atom is 1.00 e. The molecule has 32 valence electrons. The second kappa shape index (κ2) is 3.50. The van der Waals surface area contributed by atoms with Crippen LogP contribution in [0.1, 0.15) is 0 Å². The normalized spacial score (nSPS) is 7.43. The minimum absolute atomic E-state index is 0. The first-order valence-electron chi connectivity index (χ1n) is 1.37. The van der Waals surface area contributed by atoms with Gasteiger partial charge in [-0.25, -0.2) is 0 Å². The van der Waals surface area contributed by atoms with E-state index in [0.29, 0.717) is 0 Å². The minimum atomic E-state index is 0. The second-order valence-corrected chi connectivity index (χ2v) is 0.790. The molecule has 1 heterocycles. The van der Waals surface area contributed by atoms with Gasteiger partial charge in [0.15, 0.2) is 6.33 Å². The summed E-state index contributed by atoms with van der Waals surface area (Å²) in [4.78, 5) is 1.03. The van der Waals surface area contributed by atoms with E-state index in [-0.39, 0.29) is 51.4 Å². The van der Waals surface area contributed by atoms with Crippen molar-refractivity contribution < 1.29 is 51.4 Å². The number of hydrogen-bond acceptors (Lipinski definition) is 4. The average Bonchev–Trinajstić information content (AvgIpc) is 1.86. The van der Waals surface area contributed by atoms with Crippen LogP contribution in [0, 0.1) is 0 Å². The first-order valence-corrected chi connectivity index (χ1v) is 1.37. The number of nitrogens with zero attached hydrogens (tertiary/aromatic N) is 4. The van der Waals surface area contributed by atoms with Crippen molar-refractivity contribution in [1.29, 1.82) is 0 Å². The maximum absolute atomic E-state index is 4.96. The van der Waals surface area contributed by atoms with Crippen LogP contribution in [0.15, 0.2) is 6.33 Å². The van der Waals surface area contributed by atoms with Gasteiger partial charge in [-0.15, -0.1) is 9.89 Å². The van der Waals surface area contributed by atoms with Crippen LogP contribution in [0.4, 0.5) is 0 Å². The molecule has 0 aliphatic carbocycles. The summed E-state index contributed by atoms with van der Waals surface area (Å²) in [5.41, 5.74) is 0. The molecule has 0 radical (unpaired) electrons. The Hall–Kier alpha value is 0.506. The molecule has 0 amide bonds. The van der Waals surface area contributed by atoms with E-state index in [2.05, 4.69) is 15.5 Å². The van der Waals surface area contributed by atoms with Crippen LogP contribution < -0.4 is 57.2 Å². The van der Waals surface area contributed by atoms with E-state index in [9.17, 15) is 0 Å². The van der Waals surface area contributed by atoms with Gasteiger partial charge in [0.1, 0.15) is 0 Å². The molecule has 0 spiro atoms.